The van der Waals surface area contributed by atoms with Crippen molar-refractivity contribution in [3.8, 4) is 0 Å². The minimum absolute atomic E-state index is 0.158. The Bertz CT molecular complexity index is 132. The van der Waals surface area contributed by atoms with Crippen molar-refractivity contribution in [3.63, 3.8) is 0 Å². The van der Waals surface area contributed by atoms with Gasteiger partial charge < -0.3 is 4.74 Å². The normalized spacial score (nSPS) is 12.8. The molecule has 0 fully saturated rings. The molecule has 0 radical (unpaired) electrons. The molecular formula is C11H22O2. The number of carbonyl (C=O) groups excluding carboxylic acids is 1. The third-order valence-electron chi connectivity index (χ3n) is 2.30. The van der Waals surface area contributed by atoms with Crippen LogP contribution in [0.5, 0.6) is 0 Å². The molecule has 0 rings (SSSR count). The molecular weight excluding hydrogens is 164 g/mol. The van der Waals surface area contributed by atoms with Crippen LogP contribution in [0.4, 0.5) is 0 Å². The van der Waals surface area contributed by atoms with E-state index in [4.69, 9.17) is 4.74 Å². The van der Waals surface area contributed by atoms with Gasteiger partial charge in [0.2, 0.25) is 0 Å². The number of carbonyl (C=O) groups is 1. The lowest BCUT2D eigenvalue weighted by Crippen LogP contribution is -2.17. The summed E-state index contributed by atoms with van der Waals surface area (Å²) >= 11 is 0. The highest BCUT2D eigenvalue weighted by molar-refractivity contribution is 5.81. The summed E-state index contributed by atoms with van der Waals surface area (Å²) in [5.41, 5.74) is 0. The van der Waals surface area contributed by atoms with Crippen LogP contribution in [0.2, 0.25) is 0 Å². The topological polar surface area (TPSA) is 26.3 Å². The minimum Gasteiger partial charge on any atom is -0.374 e. The summed E-state index contributed by atoms with van der Waals surface area (Å²) in [6.07, 6.45) is 4.38. The second-order valence-corrected chi connectivity index (χ2v) is 3.54. The molecule has 0 saturated carbocycles. The van der Waals surface area contributed by atoms with Gasteiger partial charge in [-0.2, -0.15) is 0 Å². The lowest BCUT2D eigenvalue weighted by molar-refractivity contribution is -0.127. The fraction of sp³-hybridized carbons (Fsp3) is 0.909. The molecule has 0 amide bonds. The van der Waals surface area contributed by atoms with Crippen molar-refractivity contribution >= 4 is 5.78 Å². The summed E-state index contributed by atoms with van der Waals surface area (Å²) in [4.78, 5) is 11.3. The van der Waals surface area contributed by atoms with E-state index in [2.05, 4.69) is 6.92 Å². The van der Waals surface area contributed by atoms with Crippen molar-refractivity contribution < 1.29 is 9.53 Å². The third kappa shape index (κ3) is 6.76. The van der Waals surface area contributed by atoms with Gasteiger partial charge in [-0.15, -0.1) is 0 Å². The predicted octanol–water partition coefficient (Wildman–Crippen LogP) is 2.81. The predicted molar refractivity (Wildman–Crippen MR) is 54.8 cm³/mol. The van der Waals surface area contributed by atoms with E-state index in [0.29, 0.717) is 6.61 Å². The molecule has 1 atom stereocenters. The van der Waals surface area contributed by atoms with Gasteiger partial charge in [0.15, 0.2) is 5.78 Å². The van der Waals surface area contributed by atoms with Crippen molar-refractivity contribution in [1.29, 1.82) is 0 Å². The van der Waals surface area contributed by atoms with Gasteiger partial charge in [-0.1, -0.05) is 33.6 Å². The second kappa shape index (κ2) is 8.24. The van der Waals surface area contributed by atoms with Gasteiger partial charge in [0.1, 0.15) is 6.61 Å². The molecule has 0 saturated heterocycles. The van der Waals surface area contributed by atoms with Gasteiger partial charge in [-0.05, 0) is 12.8 Å². The Kier molecular flexibility index (Phi) is 8.00. The monoisotopic (exact) mass is 186 g/mol. The van der Waals surface area contributed by atoms with Gasteiger partial charge in [0.05, 0.1) is 0 Å². The van der Waals surface area contributed by atoms with Crippen molar-refractivity contribution in [3.05, 3.63) is 0 Å². The zero-order valence-electron chi connectivity index (χ0n) is 9.14. The molecule has 0 heterocycles. The molecule has 0 aliphatic carbocycles. The standard InChI is InChI=1S/C11H22O2/c1-4-6-7-8-13-9-11(12)10(3)5-2/h10H,4-9H2,1-3H3. The Morgan fingerprint density at radius 1 is 1.31 bits per heavy atom. The Balaban J connectivity index is 3.27. The van der Waals surface area contributed by atoms with Crippen LogP contribution < -0.4 is 0 Å². The number of Topliss-reactive ketones (excluding diaryl/α,β-unsaturated/α-hetero) is 1. The van der Waals surface area contributed by atoms with Gasteiger partial charge in [-0.25, -0.2) is 0 Å². The third-order valence-corrected chi connectivity index (χ3v) is 2.30. The summed E-state index contributed by atoms with van der Waals surface area (Å²) in [5.74, 6) is 0.394. The fourth-order valence-corrected chi connectivity index (χ4v) is 0.997. The summed E-state index contributed by atoms with van der Waals surface area (Å²) in [5, 5.41) is 0. The van der Waals surface area contributed by atoms with E-state index in [1.165, 1.54) is 12.8 Å². The van der Waals surface area contributed by atoms with Crippen LogP contribution in [0.25, 0.3) is 0 Å². The first-order chi connectivity index (χ1) is 6.22. The first kappa shape index (κ1) is 12.6. The van der Waals surface area contributed by atoms with Crippen LogP contribution in [0.1, 0.15) is 46.5 Å². The number of ketones is 1. The first-order valence-electron chi connectivity index (χ1n) is 5.32. The summed E-state index contributed by atoms with van der Waals surface area (Å²) in [7, 11) is 0. The van der Waals surface area contributed by atoms with E-state index in [1.54, 1.807) is 0 Å². The van der Waals surface area contributed by atoms with E-state index in [9.17, 15) is 4.79 Å². The zero-order chi connectivity index (χ0) is 10.1. The van der Waals surface area contributed by atoms with Crippen molar-refractivity contribution in [2.75, 3.05) is 13.2 Å². The Morgan fingerprint density at radius 2 is 2.00 bits per heavy atom. The highest BCUT2D eigenvalue weighted by Crippen LogP contribution is 2.02. The number of rotatable bonds is 8. The fourth-order valence-electron chi connectivity index (χ4n) is 0.997. The van der Waals surface area contributed by atoms with Gasteiger partial charge in [0.25, 0.3) is 0 Å². The lowest BCUT2D eigenvalue weighted by Gasteiger charge is -2.07. The SMILES string of the molecule is CCCCCOCC(=O)C(C)CC. The molecule has 2 heteroatoms. The molecule has 0 bridgehead atoms. The Labute approximate surface area is 81.7 Å². The lowest BCUT2D eigenvalue weighted by atomic mass is 10.1. The zero-order valence-corrected chi connectivity index (χ0v) is 9.14. The first-order valence-corrected chi connectivity index (χ1v) is 5.32. The van der Waals surface area contributed by atoms with Crippen LogP contribution in [0.15, 0.2) is 0 Å². The molecule has 78 valence electrons. The molecule has 0 aliphatic heterocycles. The summed E-state index contributed by atoms with van der Waals surface area (Å²) in [6.45, 7) is 7.18. The highest BCUT2D eigenvalue weighted by Gasteiger charge is 2.09. The summed E-state index contributed by atoms with van der Waals surface area (Å²) in [6, 6.07) is 0. The quantitative estimate of drug-likeness (QED) is 0.545. The van der Waals surface area contributed by atoms with Gasteiger partial charge >= 0.3 is 0 Å². The number of ether oxygens (including phenoxy) is 1. The molecule has 0 aromatic rings. The van der Waals surface area contributed by atoms with Gasteiger partial charge in [0, 0.05) is 12.5 Å². The molecule has 0 N–H and O–H groups in total. The Morgan fingerprint density at radius 3 is 2.54 bits per heavy atom. The second-order valence-electron chi connectivity index (χ2n) is 3.54. The highest BCUT2D eigenvalue weighted by atomic mass is 16.5. The molecule has 0 aromatic heterocycles. The molecule has 13 heavy (non-hydrogen) atoms. The number of hydrogen-bond donors (Lipinski definition) is 0. The maximum absolute atomic E-state index is 11.3. The molecule has 0 aromatic carbocycles. The largest absolute Gasteiger partial charge is 0.374 e. The maximum atomic E-state index is 11.3. The van der Waals surface area contributed by atoms with E-state index in [-0.39, 0.29) is 11.7 Å². The molecule has 1 unspecified atom stereocenters. The molecule has 0 spiro atoms. The maximum Gasteiger partial charge on any atom is 0.161 e. The number of hydrogen-bond acceptors (Lipinski definition) is 2. The van der Waals surface area contributed by atoms with Crippen molar-refractivity contribution in [2.45, 2.75) is 46.5 Å². The van der Waals surface area contributed by atoms with Crippen molar-refractivity contribution in [1.82, 2.24) is 0 Å². The van der Waals surface area contributed by atoms with Gasteiger partial charge in [-0.3, -0.25) is 4.79 Å². The average Bonchev–Trinajstić information content (AvgIpc) is 2.16. The van der Waals surface area contributed by atoms with Crippen LogP contribution in [0, 0.1) is 5.92 Å². The molecule has 2 nitrogen and oxygen atoms in total. The average molecular weight is 186 g/mol. The van der Waals surface area contributed by atoms with E-state index in [1.807, 2.05) is 13.8 Å². The van der Waals surface area contributed by atoms with E-state index in [0.717, 1.165) is 19.4 Å². The van der Waals surface area contributed by atoms with Crippen molar-refractivity contribution in [2.24, 2.45) is 5.92 Å². The number of unbranched alkanes of at least 4 members (excludes halogenated alkanes) is 2. The van der Waals surface area contributed by atoms with Crippen LogP contribution in [-0.2, 0) is 9.53 Å². The summed E-state index contributed by atoms with van der Waals surface area (Å²) < 4.78 is 5.27. The van der Waals surface area contributed by atoms with E-state index < -0.39 is 0 Å². The Hall–Kier alpha value is -0.370. The smallest absolute Gasteiger partial charge is 0.161 e. The van der Waals surface area contributed by atoms with Crippen LogP contribution >= 0.6 is 0 Å². The minimum atomic E-state index is 0.158. The van der Waals surface area contributed by atoms with Crippen LogP contribution in [0.3, 0.4) is 0 Å². The molecule has 0 aliphatic rings. The van der Waals surface area contributed by atoms with Crippen LogP contribution in [-0.4, -0.2) is 19.0 Å². The van der Waals surface area contributed by atoms with E-state index >= 15 is 0 Å².